The molecule has 1 saturated heterocycles. The van der Waals surface area contributed by atoms with Gasteiger partial charge in [0.25, 0.3) is 0 Å². The lowest BCUT2D eigenvalue weighted by molar-refractivity contribution is -0.124. The molecule has 4 N–H and O–H groups in total. The van der Waals surface area contributed by atoms with E-state index in [1.807, 2.05) is 0 Å². The van der Waals surface area contributed by atoms with Crippen LogP contribution in [-0.4, -0.2) is 36.0 Å². The molecule has 1 aliphatic carbocycles. The van der Waals surface area contributed by atoms with Gasteiger partial charge in [0.2, 0.25) is 5.91 Å². The van der Waals surface area contributed by atoms with Gasteiger partial charge >= 0.3 is 0 Å². The van der Waals surface area contributed by atoms with Crippen molar-refractivity contribution in [3.8, 4) is 0 Å². The second-order valence-electron chi connectivity index (χ2n) is 6.07. The molecule has 2 fully saturated rings. The Labute approximate surface area is 110 Å². The molecule has 0 spiro atoms. The van der Waals surface area contributed by atoms with E-state index in [-0.39, 0.29) is 11.8 Å². The van der Waals surface area contributed by atoms with Gasteiger partial charge in [-0.25, -0.2) is 0 Å². The topological polar surface area (TPSA) is 72.4 Å². The van der Waals surface area contributed by atoms with Gasteiger partial charge in [-0.05, 0) is 45.1 Å². The highest BCUT2D eigenvalue weighted by Crippen LogP contribution is 2.33. The molecule has 0 radical (unpaired) electrons. The lowest BCUT2D eigenvalue weighted by Crippen LogP contribution is -2.54. The third-order valence-corrected chi connectivity index (χ3v) is 4.93. The van der Waals surface area contributed by atoms with Gasteiger partial charge in [-0.1, -0.05) is 12.8 Å². The fourth-order valence-corrected chi connectivity index (χ4v) is 3.73. The van der Waals surface area contributed by atoms with Crippen LogP contribution in [0.4, 0.5) is 0 Å². The van der Waals surface area contributed by atoms with Gasteiger partial charge in [0.05, 0.1) is 5.92 Å². The Bertz CT molecular complexity index is 295. The van der Waals surface area contributed by atoms with E-state index in [1.54, 1.807) is 0 Å². The van der Waals surface area contributed by atoms with E-state index < -0.39 is 0 Å². The van der Waals surface area contributed by atoms with Crippen LogP contribution in [0.2, 0.25) is 0 Å². The van der Waals surface area contributed by atoms with E-state index in [0.717, 1.165) is 25.9 Å². The summed E-state index contributed by atoms with van der Waals surface area (Å²) in [6, 6.07) is 1.14. The molecule has 1 heterocycles. The Morgan fingerprint density at radius 1 is 1.22 bits per heavy atom. The molecule has 4 nitrogen and oxygen atoms in total. The smallest absolute Gasteiger partial charge is 0.221 e. The number of carbonyl (C=O) groups is 1. The van der Waals surface area contributed by atoms with Crippen LogP contribution in [0.1, 0.15) is 45.4 Å². The molecule has 0 aromatic carbocycles. The first-order valence-electron chi connectivity index (χ1n) is 7.38. The normalized spacial score (nSPS) is 38.6. The molecule has 2 rings (SSSR count). The van der Waals surface area contributed by atoms with Crippen molar-refractivity contribution in [3.63, 3.8) is 0 Å². The number of nitrogens with zero attached hydrogens (tertiary/aromatic N) is 1. The summed E-state index contributed by atoms with van der Waals surface area (Å²) in [4.78, 5) is 13.9. The number of hydrogen-bond donors (Lipinski definition) is 2. The molecule has 1 aliphatic heterocycles. The maximum Gasteiger partial charge on any atom is 0.221 e. The van der Waals surface area contributed by atoms with Crippen molar-refractivity contribution in [2.45, 2.75) is 57.5 Å². The molecule has 1 saturated carbocycles. The predicted octanol–water partition coefficient (Wildman–Crippen LogP) is 1.09. The van der Waals surface area contributed by atoms with Crippen molar-refractivity contribution in [2.24, 2.45) is 23.3 Å². The standard InChI is InChI=1S/C14H27N3O/c1-10-6-7-12(14(16)18)9-17(10)13-5-3-2-4-11(13)8-15/h10-13H,2-9,15H2,1H3,(H2,16,18). The second kappa shape index (κ2) is 6.02. The van der Waals surface area contributed by atoms with Gasteiger partial charge in [0.1, 0.15) is 0 Å². The van der Waals surface area contributed by atoms with Crippen molar-refractivity contribution < 1.29 is 4.79 Å². The van der Waals surface area contributed by atoms with Gasteiger partial charge in [0.15, 0.2) is 0 Å². The summed E-state index contributed by atoms with van der Waals surface area (Å²) < 4.78 is 0. The van der Waals surface area contributed by atoms with Crippen molar-refractivity contribution >= 4 is 5.91 Å². The average molecular weight is 253 g/mol. The molecule has 2 aliphatic rings. The Balaban J connectivity index is 2.05. The third-order valence-electron chi connectivity index (χ3n) is 4.93. The zero-order valence-electron chi connectivity index (χ0n) is 11.5. The molecule has 4 unspecified atom stereocenters. The van der Waals surface area contributed by atoms with Crippen molar-refractivity contribution in [1.82, 2.24) is 4.90 Å². The van der Waals surface area contributed by atoms with Crippen LogP contribution in [0.5, 0.6) is 0 Å². The Hall–Kier alpha value is -0.610. The van der Waals surface area contributed by atoms with Crippen LogP contribution in [0.3, 0.4) is 0 Å². The summed E-state index contributed by atoms with van der Waals surface area (Å²) in [6.07, 6.45) is 7.11. The summed E-state index contributed by atoms with van der Waals surface area (Å²) in [6.45, 7) is 3.90. The first kappa shape index (κ1) is 13.8. The summed E-state index contributed by atoms with van der Waals surface area (Å²) >= 11 is 0. The zero-order valence-corrected chi connectivity index (χ0v) is 11.5. The van der Waals surface area contributed by atoms with E-state index in [1.165, 1.54) is 25.7 Å². The predicted molar refractivity (Wildman–Crippen MR) is 72.9 cm³/mol. The molecule has 0 aromatic heterocycles. The summed E-state index contributed by atoms with van der Waals surface area (Å²) in [5.74, 6) is 0.515. The Morgan fingerprint density at radius 2 is 1.94 bits per heavy atom. The number of primary amides is 1. The van der Waals surface area contributed by atoms with Gasteiger partial charge in [-0.15, -0.1) is 0 Å². The van der Waals surface area contributed by atoms with Crippen molar-refractivity contribution in [1.29, 1.82) is 0 Å². The van der Waals surface area contributed by atoms with E-state index in [2.05, 4.69) is 11.8 Å². The Kier molecular flexibility index (Phi) is 4.62. The number of hydrogen-bond acceptors (Lipinski definition) is 3. The number of carbonyl (C=O) groups excluding carboxylic acids is 1. The number of amides is 1. The zero-order chi connectivity index (χ0) is 13.1. The minimum atomic E-state index is -0.132. The first-order chi connectivity index (χ1) is 8.63. The quantitative estimate of drug-likeness (QED) is 0.791. The van der Waals surface area contributed by atoms with Crippen molar-refractivity contribution in [3.05, 3.63) is 0 Å². The average Bonchev–Trinajstić information content (AvgIpc) is 2.39. The van der Waals surface area contributed by atoms with Gasteiger partial charge in [-0.3, -0.25) is 9.69 Å². The van der Waals surface area contributed by atoms with E-state index in [4.69, 9.17) is 11.5 Å². The second-order valence-corrected chi connectivity index (χ2v) is 6.07. The maximum atomic E-state index is 11.4. The van der Waals surface area contributed by atoms with Gasteiger partial charge in [0, 0.05) is 18.6 Å². The Morgan fingerprint density at radius 3 is 2.61 bits per heavy atom. The first-order valence-corrected chi connectivity index (χ1v) is 7.38. The van der Waals surface area contributed by atoms with Crippen LogP contribution in [0, 0.1) is 11.8 Å². The van der Waals surface area contributed by atoms with E-state index >= 15 is 0 Å². The fraction of sp³-hybridized carbons (Fsp3) is 0.929. The van der Waals surface area contributed by atoms with Crippen LogP contribution in [0.25, 0.3) is 0 Å². The number of nitrogens with two attached hydrogens (primary N) is 2. The van der Waals surface area contributed by atoms with Crippen LogP contribution in [-0.2, 0) is 4.79 Å². The molecule has 4 heteroatoms. The van der Waals surface area contributed by atoms with Crippen LogP contribution >= 0.6 is 0 Å². The SMILES string of the molecule is CC1CCC(C(N)=O)CN1C1CCCCC1CN. The molecule has 1 amide bonds. The highest BCUT2D eigenvalue weighted by Gasteiger charge is 2.36. The third kappa shape index (κ3) is 2.86. The molecule has 0 bridgehead atoms. The lowest BCUT2D eigenvalue weighted by atomic mass is 9.80. The lowest BCUT2D eigenvalue weighted by Gasteiger charge is -2.46. The molecule has 0 aromatic rings. The summed E-state index contributed by atoms with van der Waals surface area (Å²) in [5.41, 5.74) is 11.4. The monoisotopic (exact) mass is 253 g/mol. The molecule has 104 valence electrons. The van der Waals surface area contributed by atoms with Crippen LogP contribution < -0.4 is 11.5 Å². The summed E-state index contributed by atoms with van der Waals surface area (Å²) in [5, 5.41) is 0. The number of rotatable bonds is 3. The van der Waals surface area contributed by atoms with Gasteiger partial charge < -0.3 is 11.5 Å². The van der Waals surface area contributed by atoms with Crippen LogP contribution in [0.15, 0.2) is 0 Å². The number of likely N-dealkylation sites (tertiary alicyclic amines) is 1. The van der Waals surface area contributed by atoms with Crippen molar-refractivity contribution in [2.75, 3.05) is 13.1 Å². The fourth-order valence-electron chi connectivity index (χ4n) is 3.73. The molecular formula is C14H27N3O. The van der Waals surface area contributed by atoms with E-state index in [9.17, 15) is 4.79 Å². The molecule has 4 atom stereocenters. The summed E-state index contributed by atoms with van der Waals surface area (Å²) in [7, 11) is 0. The molecule has 18 heavy (non-hydrogen) atoms. The van der Waals surface area contributed by atoms with Gasteiger partial charge in [-0.2, -0.15) is 0 Å². The van der Waals surface area contributed by atoms with E-state index in [0.29, 0.717) is 18.0 Å². The minimum absolute atomic E-state index is 0.0431. The number of piperidine rings is 1. The highest BCUT2D eigenvalue weighted by atomic mass is 16.1. The minimum Gasteiger partial charge on any atom is -0.369 e. The molecular weight excluding hydrogens is 226 g/mol. The largest absolute Gasteiger partial charge is 0.369 e. The highest BCUT2D eigenvalue weighted by molar-refractivity contribution is 5.77. The maximum absolute atomic E-state index is 11.4.